The lowest BCUT2D eigenvalue weighted by Crippen LogP contribution is -2.11. The molecule has 0 unspecified atom stereocenters. The van der Waals surface area contributed by atoms with Gasteiger partial charge in [0.25, 0.3) is 0 Å². The lowest BCUT2D eigenvalue weighted by atomic mass is 10.2. The molecule has 2 rings (SSSR count). The number of hydrogen-bond donors (Lipinski definition) is 4. The van der Waals surface area contributed by atoms with E-state index in [1.54, 1.807) is 12.1 Å². The third kappa shape index (κ3) is 6.83. The van der Waals surface area contributed by atoms with Crippen molar-refractivity contribution in [3.63, 3.8) is 0 Å². The Bertz CT molecular complexity index is 773. The van der Waals surface area contributed by atoms with Gasteiger partial charge in [-0.2, -0.15) is 0 Å². The topological polar surface area (TPSA) is 118 Å². The Balaban J connectivity index is 1.60. The van der Waals surface area contributed by atoms with E-state index in [2.05, 4.69) is 31.9 Å². The van der Waals surface area contributed by atoms with Gasteiger partial charge in [-0.15, -0.1) is 0 Å². The van der Waals surface area contributed by atoms with Gasteiger partial charge in [-0.25, -0.2) is 0 Å². The van der Waals surface area contributed by atoms with Crippen molar-refractivity contribution in [2.45, 2.75) is 25.7 Å². The number of benzene rings is 2. The molecule has 0 aromatic heterocycles. The SMILES string of the molecule is N=C(N)c1ccc(OCCCCCCOc2ccc(C(=N)N)c(Br)c2)cc1Br. The van der Waals surface area contributed by atoms with Gasteiger partial charge >= 0.3 is 0 Å². The first kappa shape index (κ1) is 22.2. The Morgan fingerprint density at radius 3 is 1.43 bits per heavy atom. The van der Waals surface area contributed by atoms with Gasteiger partial charge in [-0.1, -0.05) is 0 Å². The number of amidine groups is 2. The third-order valence-electron chi connectivity index (χ3n) is 4.04. The molecule has 2 aromatic rings. The van der Waals surface area contributed by atoms with Crippen molar-refractivity contribution in [1.82, 2.24) is 0 Å². The minimum atomic E-state index is 0.0304. The molecule has 0 heterocycles. The summed E-state index contributed by atoms with van der Waals surface area (Å²) in [4.78, 5) is 0. The van der Waals surface area contributed by atoms with Crippen LogP contribution in [0.15, 0.2) is 45.3 Å². The highest BCUT2D eigenvalue weighted by Gasteiger charge is 2.06. The maximum atomic E-state index is 7.47. The molecular formula is C20H24Br2N4O2. The standard InChI is InChI=1S/C20H24Br2N4O2/c21-17-11-13(5-7-15(17)19(23)24)27-9-3-1-2-4-10-28-14-6-8-16(20(25)26)18(22)12-14/h5-8,11-12H,1-4,9-10H2,(H3,23,24)(H3,25,26). The van der Waals surface area contributed by atoms with E-state index in [-0.39, 0.29) is 11.7 Å². The minimum absolute atomic E-state index is 0.0304. The number of ether oxygens (including phenoxy) is 2. The second-order valence-corrected chi connectivity index (χ2v) is 7.93. The zero-order chi connectivity index (χ0) is 20.5. The molecular weight excluding hydrogens is 488 g/mol. The van der Waals surface area contributed by atoms with Crippen molar-refractivity contribution < 1.29 is 9.47 Å². The Kier molecular flexibility index (Phi) is 8.79. The fourth-order valence-electron chi connectivity index (χ4n) is 2.55. The number of unbranched alkanes of at least 4 members (excludes halogenated alkanes) is 3. The Labute approximate surface area is 181 Å². The van der Waals surface area contributed by atoms with Gasteiger partial charge in [0, 0.05) is 20.1 Å². The van der Waals surface area contributed by atoms with E-state index in [0.29, 0.717) is 24.3 Å². The largest absolute Gasteiger partial charge is 0.494 e. The van der Waals surface area contributed by atoms with Crippen LogP contribution in [0.3, 0.4) is 0 Å². The highest BCUT2D eigenvalue weighted by molar-refractivity contribution is 9.10. The monoisotopic (exact) mass is 510 g/mol. The summed E-state index contributed by atoms with van der Waals surface area (Å²) in [6, 6.07) is 10.9. The van der Waals surface area contributed by atoms with Crippen LogP contribution in [0.5, 0.6) is 11.5 Å². The van der Waals surface area contributed by atoms with Gasteiger partial charge in [0.15, 0.2) is 0 Å². The number of rotatable bonds is 11. The quantitative estimate of drug-likeness (QED) is 0.197. The molecule has 28 heavy (non-hydrogen) atoms. The molecule has 0 amide bonds. The van der Waals surface area contributed by atoms with Crippen LogP contribution in [0.4, 0.5) is 0 Å². The van der Waals surface area contributed by atoms with E-state index in [0.717, 1.165) is 46.1 Å². The van der Waals surface area contributed by atoms with E-state index in [1.165, 1.54) is 0 Å². The lowest BCUT2D eigenvalue weighted by Gasteiger charge is -2.10. The van der Waals surface area contributed by atoms with Crippen LogP contribution in [0, 0.1) is 10.8 Å². The van der Waals surface area contributed by atoms with Crippen LogP contribution >= 0.6 is 31.9 Å². The van der Waals surface area contributed by atoms with Gasteiger partial charge in [0.1, 0.15) is 23.2 Å². The molecule has 0 spiro atoms. The summed E-state index contributed by atoms with van der Waals surface area (Å²) in [5.74, 6) is 1.59. The highest BCUT2D eigenvalue weighted by Crippen LogP contribution is 2.24. The van der Waals surface area contributed by atoms with E-state index in [4.69, 9.17) is 31.8 Å². The van der Waals surface area contributed by atoms with Crippen molar-refractivity contribution in [3.05, 3.63) is 56.5 Å². The molecule has 0 bridgehead atoms. The predicted molar refractivity (Wildman–Crippen MR) is 120 cm³/mol. The van der Waals surface area contributed by atoms with Gasteiger partial charge in [0.2, 0.25) is 0 Å². The van der Waals surface area contributed by atoms with Crippen molar-refractivity contribution in [3.8, 4) is 11.5 Å². The molecule has 0 radical (unpaired) electrons. The maximum Gasteiger partial charge on any atom is 0.123 e. The summed E-state index contributed by atoms with van der Waals surface area (Å²) in [6.07, 6.45) is 4.04. The van der Waals surface area contributed by atoms with Crippen molar-refractivity contribution in [2.24, 2.45) is 11.5 Å². The molecule has 0 aliphatic heterocycles. The minimum Gasteiger partial charge on any atom is -0.494 e. The maximum absolute atomic E-state index is 7.47. The van der Waals surface area contributed by atoms with Crippen LogP contribution in [0.25, 0.3) is 0 Å². The lowest BCUT2D eigenvalue weighted by molar-refractivity contribution is 0.287. The highest BCUT2D eigenvalue weighted by atomic mass is 79.9. The van der Waals surface area contributed by atoms with Crippen molar-refractivity contribution in [2.75, 3.05) is 13.2 Å². The van der Waals surface area contributed by atoms with Gasteiger partial charge in [-0.05, 0) is 93.9 Å². The summed E-state index contributed by atoms with van der Waals surface area (Å²) in [6.45, 7) is 1.29. The molecule has 0 saturated carbocycles. The fraction of sp³-hybridized carbons (Fsp3) is 0.300. The van der Waals surface area contributed by atoms with E-state index in [1.807, 2.05) is 24.3 Å². The van der Waals surface area contributed by atoms with Gasteiger partial charge in [-0.3, -0.25) is 10.8 Å². The normalized spacial score (nSPS) is 10.5. The molecule has 150 valence electrons. The molecule has 0 saturated heterocycles. The number of hydrogen-bond acceptors (Lipinski definition) is 4. The predicted octanol–water partition coefficient (Wildman–Crippen LogP) is 4.80. The van der Waals surface area contributed by atoms with Gasteiger partial charge in [0.05, 0.1) is 13.2 Å². The zero-order valence-corrected chi connectivity index (χ0v) is 18.6. The van der Waals surface area contributed by atoms with Crippen molar-refractivity contribution in [1.29, 1.82) is 10.8 Å². The Morgan fingerprint density at radius 1 is 0.714 bits per heavy atom. The molecule has 8 heteroatoms. The smallest absolute Gasteiger partial charge is 0.123 e. The molecule has 0 aliphatic rings. The van der Waals surface area contributed by atoms with E-state index >= 15 is 0 Å². The molecule has 0 atom stereocenters. The average molecular weight is 512 g/mol. The first-order chi connectivity index (χ1) is 13.4. The summed E-state index contributed by atoms with van der Waals surface area (Å²) in [5, 5.41) is 14.9. The van der Waals surface area contributed by atoms with E-state index < -0.39 is 0 Å². The van der Waals surface area contributed by atoms with Crippen LogP contribution in [-0.2, 0) is 0 Å². The fourth-order valence-corrected chi connectivity index (χ4v) is 3.69. The molecule has 2 aromatic carbocycles. The summed E-state index contributed by atoms with van der Waals surface area (Å²) >= 11 is 6.80. The Morgan fingerprint density at radius 2 is 1.11 bits per heavy atom. The molecule has 0 fully saturated rings. The van der Waals surface area contributed by atoms with Crippen LogP contribution in [-0.4, -0.2) is 24.9 Å². The van der Waals surface area contributed by atoms with Crippen molar-refractivity contribution >= 4 is 43.5 Å². The molecule has 6 nitrogen and oxygen atoms in total. The second-order valence-electron chi connectivity index (χ2n) is 6.22. The number of nitrogen functional groups attached to an aromatic ring is 2. The molecule has 0 aliphatic carbocycles. The Hall–Kier alpha value is -2.06. The van der Waals surface area contributed by atoms with E-state index in [9.17, 15) is 0 Å². The van der Waals surface area contributed by atoms with Crippen LogP contribution in [0.2, 0.25) is 0 Å². The van der Waals surface area contributed by atoms with Crippen LogP contribution in [0.1, 0.15) is 36.8 Å². The second kappa shape index (κ2) is 11.1. The van der Waals surface area contributed by atoms with Crippen LogP contribution < -0.4 is 20.9 Å². The zero-order valence-electron chi connectivity index (χ0n) is 15.4. The first-order valence-electron chi connectivity index (χ1n) is 8.92. The summed E-state index contributed by atoms with van der Waals surface area (Å²) in [5.41, 5.74) is 12.3. The molecule has 6 N–H and O–H groups in total. The summed E-state index contributed by atoms with van der Waals surface area (Å²) < 4.78 is 13.0. The number of halogens is 2. The first-order valence-corrected chi connectivity index (χ1v) is 10.5. The number of nitrogens with two attached hydrogens (primary N) is 2. The number of nitrogens with one attached hydrogen (secondary N) is 2. The third-order valence-corrected chi connectivity index (χ3v) is 5.35. The average Bonchev–Trinajstić information content (AvgIpc) is 2.63. The summed E-state index contributed by atoms with van der Waals surface area (Å²) in [7, 11) is 0. The van der Waals surface area contributed by atoms with Gasteiger partial charge < -0.3 is 20.9 Å².